The zero-order chi connectivity index (χ0) is 17.3. The van der Waals surface area contributed by atoms with E-state index in [1.165, 1.54) is 6.92 Å². The van der Waals surface area contributed by atoms with E-state index in [0.29, 0.717) is 11.1 Å². The third-order valence-electron chi connectivity index (χ3n) is 3.88. The van der Waals surface area contributed by atoms with Gasteiger partial charge >= 0.3 is 5.97 Å². The van der Waals surface area contributed by atoms with E-state index in [4.69, 9.17) is 4.74 Å². The van der Waals surface area contributed by atoms with Gasteiger partial charge in [0.15, 0.2) is 0 Å². The van der Waals surface area contributed by atoms with Gasteiger partial charge in [0.2, 0.25) is 0 Å². The van der Waals surface area contributed by atoms with Crippen molar-refractivity contribution in [3.8, 4) is 0 Å². The topological polar surface area (TPSA) is 63.7 Å². The number of amides is 2. The SMILES string of the molecule is C[C@H](C(=O)OCc1ccccc1Br)N1C(=O)c2ccccc2C1=O. The van der Waals surface area contributed by atoms with Crippen molar-refractivity contribution in [3.63, 3.8) is 0 Å². The zero-order valence-electron chi connectivity index (χ0n) is 12.9. The fourth-order valence-corrected chi connectivity index (χ4v) is 2.95. The van der Waals surface area contributed by atoms with Crippen LogP contribution in [-0.2, 0) is 16.1 Å². The predicted octanol–water partition coefficient (Wildman–Crippen LogP) is 3.18. The monoisotopic (exact) mass is 387 g/mol. The Labute approximate surface area is 147 Å². The molecule has 0 saturated carbocycles. The lowest BCUT2D eigenvalue weighted by atomic mass is 10.1. The number of halogens is 1. The van der Waals surface area contributed by atoms with Crippen LogP contribution in [0.4, 0.5) is 0 Å². The molecule has 2 amide bonds. The predicted molar refractivity (Wildman–Crippen MR) is 90.3 cm³/mol. The Bertz CT molecular complexity index is 798. The van der Waals surface area contributed by atoms with Gasteiger partial charge in [0.05, 0.1) is 11.1 Å². The van der Waals surface area contributed by atoms with Crippen molar-refractivity contribution in [1.29, 1.82) is 0 Å². The van der Waals surface area contributed by atoms with Crippen molar-refractivity contribution in [2.24, 2.45) is 0 Å². The molecule has 0 spiro atoms. The number of nitrogens with zero attached hydrogens (tertiary/aromatic N) is 1. The number of hydrogen-bond donors (Lipinski definition) is 0. The lowest BCUT2D eigenvalue weighted by Crippen LogP contribution is -2.43. The van der Waals surface area contributed by atoms with Crippen LogP contribution in [0.15, 0.2) is 53.0 Å². The van der Waals surface area contributed by atoms with E-state index in [2.05, 4.69) is 15.9 Å². The first-order valence-electron chi connectivity index (χ1n) is 7.37. The van der Waals surface area contributed by atoms with E-state index in [-0.39, 0.29) is 6.61 Å². The zero-order valence-corrected chi connectivity index (χ0v) is 14.4. The molecule has 2 aromatic carbocycles. The van der Waals surface area contributed by atoms with Gasteiger partial charge in [-0.25, -0.2) is 4.79 Å². The molecule has 3 rings (SSSR count). The molecule has 0 aliphatic carbocycles. The summed E-state index contributed by atoms with van der Waals surface area (Å²) < 4.78 is 6.09. The Morgan fingerprint density at radius 2 is 1.58 bits per heavy atom. The van der Waals surface area contributed by atoms with Crippen molar-refractivity contribution in [2.45, 2.75) is 19.6 Å². The molecule has 24 heavy (non-hydrogen) atoms. The summed E-state index contributed by atoms with van der Waals surface area (Å²) in [5.41, 5.74) is 1.43. The molecule has 0 saturated heterocycles. The van der Waals surface area contributed by atoms with Gasteiger partial charge in [-0.1, -0.05) is 46.3 Å². The average molecular weight is 388 g/mol. The quantitative estimate of drug-likeness (QED) is 0.596. The first-order chi connectivity index (χ1) is 11.5. The molecular formula is C18H14BrNO4. The smallest absolute Gasteiger partial charge is 0.329 e. The number of carbonyl (C=O) groups is 3. The molecule has 6 heteroatoms. The summed E-state index contributed by atoms with van der Waals surface area (Å²) >= 11 is 3.38. The Balaban J connectivity index is 1.72. The third-order valence-corrected chi connectivity index (χ3v) is 4.66. The van der Waals surface area contributed by atoms with E-state index in [0.717, 1.165) is 14.9 Å². The molecule has 1 atom stereocenters. The Kier molecular flexibility index (Phi) is 4.49. The van der Waals surface area contributed by atoms with Crippen LogP contribution in [0.5, 0.6) is 0 Å². The summed E-state index contributed by atoms with van der Waals surface area (Å²) in [7, 11) is 0. The highest BCUT2D eigenvalue weighted by atomic mass is 79.9. The van der Waals surface area contributed by atoms with Gasteiger partial charge in [-0.15, -0.1) is 0 Å². The number of carbonyl (C=O) groups excluding carboxylic acids is 3. The summed E-state index contributed by atoms with van der Waals surface area (Å²) in [6.07, 6.45) is 0. The van der Waals surface area contributed by atoms with Crippen LogP contribution in [0.2, 0.25) is 0 Å². The molecule has 1 heterocycles. The number of fused-ring (bicyclic) bond motifs is 1. The van der Waals surface area contributed by atoms with Gasteiger partial charge in [0, 0.05) is 10.0 Å². The molecule has 5 nitrogen and oxygen atoms in total. The maximum atomic E-state index is 12.4. The molecule has 2 aromatic rings. The van der Waals surface area contributed by atoms with Gasteiger partial charge < -0.3 is 4.74 Å². The van der Waals surface area contributed by atoms with Crippen molar-refractivity contribution in [1.82, 2.24) is 4.90 Å². The number of rotatable bonds is 4. The fourth-order valence-electron chi connectivity index (χ4n) is 2.55. The Morgan fingerprint density at radius 1 is 1.04 bits per heavy atom. The molecule has 0 N–H and O–H groups in total. The van der Waals surface area contributed by atoms with Crippen LogP contribution in [0.1, 0.15) is 33.2 Å². The standard InChI is InChI=1S/C18H14BrNO4/c1-11(18(23)24-10-12-6-2-5-9-15(12)19)20-16(21)13-7-3-4-8-14(13)17(20)22/h2-9,11H,10H2,1H3/t11-/m1/s1. The van der Waals surface area contributed by atoms with E-state index in [1.807, 2.05) is 24.3 Å². The van der Waals surface area contributed by atoms with Crippen molar-refractivity contribution >= 4 is 33.7 Å². The van der Waals surface area contributed by atoms with Gasteiger partial charge in [-0.2, -0.15) is 0 Å². The van der Waals surface area contributed by atoms with Crippen LogP contribution in [0.3, 0.4) is 0 Å². The number of ether oxygens (including phenoxy) is 1. The van der Waals surface area contributed by atoms with Crippen LogP contribution < -0.4 is 0 Å². The largest absolute Gasteiger partial charge is 0.459 e. The lowest BCUT2D eigenvalue weighted by Gasteiger charge is -2.21. The van der Waals surface area contributed by atoms with Gasteiger partial charge in [-0.05, 0) is 25.1 Å². The van der Waals surface area contributed by atoms with Crippen LogP contribution >= 0.6 is 15.9 Å². The van der Waals surface area contributed by atoms with Crippen LogP contribution in [-0.4, -0.2) is 28.7 Å². The fraction of sp³-hybridized carbons (Fsp3) is 0.167. The van der Waals surface area contributed by atoms with E-state index in [9.17, 15) is 14.4 Å². The molecule has 1 aliphatic heterocycles. The maximum absolute atomic E-state index is 12.4. The van der Waals surface area contributed by atoms with Gasteiger partial charge in [0.1, 0.15) is 12.6 Å². The van der Waals surface area contributed by atoms with E-state index in [1.54, 1.807) is 24.3 Å². The summed E-state index contributed by atoms with van der Waals surface area (Å²) in [6, 6.07) is 12.9. The second kappa shape index (κ2) is 6.57. The molecular weight excluding hydrogens is 374 g/mol. The van der Waals surface area contributed by atoms with Crippen LogP contribution in [0.25, 0.3) is 0 Å². The molecule has 0 unspecified atom stereocenters. The van der Waals surface area contributed by atoms with Crippen LogP contribution in [0, 0.1) is 0 Å². The molecule has 0 aromatic heterocycles. The highest BCUT2D eigenvalue weighted by Gasteiger charge is 2.41. The Hall–Kier alpha value is -2.47. The lowest BCUT2D eigenvalue weighted by molar-refractivity contribution is -0.149. The van der Waals surface area contributed by atoms with E-state index >= 15 is 0 Å². The molecule has 0 bridgehead atoms. The summed E-state index contributed by atoms with van der Waals surface area (Å²) in [5, 5.41) is 0. The minimum Gasteiger partial charge on any atom is -0.459 e. The first-order valence-corrected chi connectivity index (χ1v) is 8.17. The third kappa shape index (κ3) is 2.85. The minimum atomic E-state index is -0.986. The minimum absolute atomic E-state index is 0.0633. The summed E-state index contributed by atoms with van der Waals surface area (Å²) in [5.74, 6) is -1.57. The number of imide groups is 1. The van der Waals surface area contributed by atoms with Crippen molar-refractivity contribution < 1.29 is 19.1 Å². The summed E-state index contributed by atoms with van der Waals surface area (Å²) in [4.78, 5) is 38.0. The van der Waals surface area contributed by atoms with Crippen molar-refractivity contribution in [3.05, 3.63) is 69.7 Å². The molecule has 0 radical (unpaired) electrons. The molecule has 1 aliphatic rings. The summed E-state index contributed by atoms with van der Waals surface area (Å²) in [6.45, 7) is 1.55. The first kappa shape index (κ1) is 16.4. The van der Waals surface area contributed by atoms with E-state index < -0.39 is 23.8 Å². The second-order valence-electron chi connectivity index (χ2n) is 5.40. The molecule has 0 fully saturated rings. The highest BCUT2D eigenvalue weighted by molar-refractivity contribution is 9.10. The average Bonchev–Trinajstić information content (AvgIpc) is 2.85. The highest BCUT2D eigenvalue weighted by Crippen LogP contribution is 2.25. The number of hydrogen-bond acceptors (Lipinski definition) is 4. The Morgan fingerprint density at radius 3 is 2.17 bits per heavy atom. The van der Waals surface area contributed by atoms with Crippen molar-refractivity contribution in [2.75, 3.05) is 0 Å². The number of esters is 1. The molecule has 122 valence electrons. The normalized spacial score (nSPS) is 14.5. The second-order valence-corrected chi connectivity index (χ2v) is 6.26. The number of benzene rings is 2. The maximum Gasteiger partial charge on any atom is 0.329 e. The van der Waals surface area contributed by atoms with Gasteiger partial charge in [-0.3, -0.25) is 14.5 Å². The van der Waals surface area contributed by atoms with Gasteiger partial charge in [0.25, 0.3) is 11.8 Å².